The van der Waals surface area contributed by atoms with Gasteiger partial charge in [0.2, 0.25) is 0 Å². The van der Waals surface area contributed by atoms with Crippen LogP contribution in [0.1, 0.15) is 5.56 Å². The van der Waals surface area contributed by atoms with Gasteiger partial charge >= 0.3 is 0 Å². The van der Waals surface area contributed by atoms with E-state index in [0.717, 1.165) is 24.4 Å². The number of nitrogens with zero attached hydrogens (tertiary/aromatic N) is 1. The van der Waals surface area contributed by atoms with Crippen molar-refractivity contribution in [3.63, 3.8) is 0 Å². The number of nitrogens with one attached hydrogen (secondary N) is 1. The van der Waals surface area contributed by atoms with E-state index >= 15 is 0 Å². The standard InChI is InChI=1S/C15H17N3O2/c16-12-9-14-15(20-8-7-19-14)10-13(12)18-6-3-11-1-4-17-5-2-11/h1-2,4-5,9-10,18H,3,6-8,16H2. The smallest absolute Gasteiger partial charge is 0.163 e. The molecular formula is C15H17N3O2. The van der Waals surface area contributed by atoms with E-state index < -0.39 is 0 Å². The fourth-order valence-corrected chi connectivity index (χ4v) is 2.15. The van der Waals surface area contributed by atoms with Crippen LogP contribution in [0.15, 0.2) is 36.7 Å². The predicted octanol–water partition coefficient (Wildman–Crippen LogP) is 2.09. The summed E-state index contributed by atoms with van der Waals surface area (Å²) in [7, 11) is 0. The molecule has 1 aromatic carbocycles. The lowest BCUT2D eigenvalue weighted by atomic mass is 10.2. The van der Waals surface area contributed by atoms with Crippen LogP contribution in [-0.4, -0.2) is 24.7 Å². The molecule has 0 saturated carbocycles. The summed E-state index contributed by atoms with van der Waals surface area (Å²) in [6, 6.07) is 7.73. The van der Waals surface area contributed by atoms with E-state index in [9.17, 15) is 0 Å². The second-order valence-electron chi connectivity index (χ2n) is 4.62. The van der Waals surface area contributed by atoms with E-state index in [4.69, 9.17) is 15.2 Å². The van der Waals surface area contributed by atoms with Gasteiger partial charge in [-0.15, -0.1) is 0 Å². The van der Waals surface area contributed by atoms with Crippen molar-refractivity contribution in [2.45, 2.75) is 6.42 Å². The Balaban J connectivity index is 1.65. The monoisotopic (exact) mass is 271 g/mol. The highest BCUT2D eigenvalue weighted by Crippen LogP contribution is 2.36. The Morgan fingerprint density at radius 3 is 2.55 bits per heavy atom. The Hall–Kier alpha value is -2.43. The highest BCUT2D eigenvalue weighted by atomic mass is 16.6. The summed E-state index contributed by atoms with van der Waals surface area (Å²) in [5.41, 5.74) is 8.80. The number of hydrogen-bond acceptors (Lipinski definition) is 5. The summed E-state index contributed by atoms with van der Waals surface area (Å²) >= 11 is 0. The summed E-state index contributed by atoms with van der Waals surface area (Å²) in [6.45, 7) is 1.95. The van der Waals surface area contributed by atoms with Crippen LogP contribution in [0.25, 0.3) is 0 Å². The first kappa shape index (κ1) is 12.6. The van der Waals surface area contributed by atoms with Crippen molar-refractivity contribution in [3.8, 4) is 11.5 Å². The van der Waals surface area contributed by atoms with Crippen molar-refractivity contribution in [1.29, 1.82) is 0 Å². The second kappa shape index (κ2) is 5.69. The Morgan fingerprint density at radius 2 is 1.80 bits per heavy atom. The van der Waals surface area contributed by atoms with Crippen LogP contribution in [0.3, 0.4) is 0 Å². The van der Waals surface area contributed by atoms with Gasteiger partial charge in [-0.25, -0.2) is 0 Å². The van der Waals surface area contributed by atoms with Crippen LogP contribution >= 0.6 is 0 Å². The average molecular weight is 271 g/mol. The molecule has 104 valence electrons. The van der Waals surface area contributed by atoms with Crippen molar-refractivity contribution in [2.75, 3.05) is 30.8 Å². The first-order valence-corrected chi connectivity index (χ1v) is 6.65. The number of anilines is 2. The highest BCUT2D eigenvalue weighted by molar-refractivity contribution is 5.72. The van der Waals surface area contributed by atoms with Gasteiger partial charge in [-0.1, -0.05) is 0 Å². The highest BCUT2D eigenvalue weighted by Gasteiger charge is 2.14. The van der Waals surface area contributed by atoms with E-state index in [1.54, 1.807) is 12.4 Å². The lowest BCUT2D eigenvalue weighted by Gasteiger charge is -2.20. The van der Waals surface area contributed by atoms with Gasteiger partial charge < -0.3 is 20.5 Å². The van der Waals surface area contributed by atoms with Crippen molar-refractivity contribution >= 4 is 11.4 Å². The molecule has 3 rings (SSSR count). The van der Waals surface area contributed by atoms with Crippen LogP contribution in [0.4, 0.5) is 11.4 Å². The quantitative estimate of drug-likeness (QED) is 0.833. The molecular weight excluding hydrogens is 254 g/mol. The molecule has 0 amide bonds. The molecule has 5 heteroatoms. The summed E-state index contributed by atoms with van der Waals surface area (Å²) < 4.78 is 11.0. The molecule has 2 heterocycles. The molecule has 1 aliphatic heterocycles. The fraction of sp³-hybridized carbons (Fsp3) is 0.267. The van der Waals surface area contributed by atoms with Gasteiger partial charge in [0, 0.05) is 31.1 Å². The van der Waals surface area contributed by atoms with Gasteiger partial charge in [-0.05, 0) is 24.1 Å². The number of pyridine rings is 1. The normalized spacial score (nSPS) is 13.0. The van der Waals surface area contributed by atoms with Crippen molar-refractivity contribution in [3.05, 3.63) is 42.2 Å². The van der Waals surface area contributed by atoms with Crippen LogP contribution < -0.4 is 20.5 Å². The average Bonchev–Trinajstić information content (AvgIpc) is 2.49. The molecule has 3 N–H and O–H groups in total. The predicted molar refractivity (Wildman–Crippen MR) is 78.3 cm³/mol. The van der Waals surface area contributed by atoms with Crippen LogP contribution in [-0.2, 0) is 6.42 Å². The summed E-state index contributed by atoms with van der Waals surface area (Å²) in [5, 5.41) is 3.33. The summed E-state index contributed by atoms with van der Waals surface area (Å²) in [5.74, 6) is 1.46. The minimum atomic E-state index is 0.571. The molecule has 1 aromatic heterocycles. The van der Waals surface area contributed by atoms with Crippen molar-refractivity contribution in [1.82, 2.24) is 4.98 Å². The molecule has 0 aliphatic carbocycles. The number of fused-ring (bicyclic) bond motifs is 1. The number of rotatable bonds is 4. The van der Waals surface area contributed by atoms with E-state index in [1.807, 2.05) is 24.3 Å². The maximum Gasteiger partial charge on any atom is 0.163 e. The van der Waals surface area contributed by atoms with Crippen LogP contribution in [0.2, 0.25) is 0 Å². The Bertz CT molecular complexity index is 587. The van der Waals surface area contributed by atoms with Gasteiger partial charge in [0.25, 0.3) is 0 Å². The van der Waals surface area contributed by atoms with Crippen molar-refractivity contribution < 1.29 is 9.47 Å². The van der Waals surface area contributed by atoms with E-state index in [-0.39, 0.29) is 0 Å². The zero-order valence-corrected chi connectivity index (χ0v) is 11.1. The third kappa shape index (κ3) is 2.77. The third-order valence-electron chi connectivity index (χ3n) is 3.19. The van der Waals surface area contributed by atoms with Gasteiger partial charge in [0.1, 0.15) is 13.2 Å². The number of ether oxygens (including phenoxy) is 2. The minimum Gasteiger partial charge on any atom is -0.486 e. The van der Waals surface area contributed by atoms with Crippen LogP contribution in [0.5, 0.6) is 11.5 Å². The number of hydrogen-bond donors (Lipinski definition) is 2. The lowest BCUT2D eigenvalue weighted by Crippen LogP contribution is -2.16. The summed E-state index contributed by atoms with van der Waals surface area (Å²) in [4.78, 5) is 4.00. The molecule has 1 aliphatic rings. The minimum absolute atomic E-state index is 0.571. The fourth-order valence-electron chi connectivity index (χ4n) is 2.15. The molecule has 5 nitrogen and oxygen atoms in total. The molecule has 0 bridgehead atoms. The molecule has 0 fully saturated rings. The van der Waals surface area contributed by atoms with Gasteiger partial charge in [-0.2, -0.15) is 0 Å². The topological polar surface area (TPSA) is 69.4 Å². The largest absolute Gasteiger partial charge is 0.486 e. The SMILES string of the molecule is Nc1cc2c(cc1NCCc1ccncc1)OCCO2. The number of nitrogen functional groups attached to an aromatic ring is 1. The molecule has 2 aromatic rings. The second-order valence-corrected chi connectivity index (χ2v) is 4.62. The Morgan fingerprint density at radius 1 is 1.10 bits per heavy atom. The van der Waals surface area contributed by atoms with Gasteiger partial charge in [0.15, 0.2) is 11.5 Å². The van der Waals surface area contributed by atoms with E-state index in [1.165, 1.54) is 5.56 Å². The Labute approximate surface area is 117 Å². The lowest BCUT2D eigenvalue weighted by molar-refractivity contribution is 0.172. The molecule has 0 spiro atoms. The zero-order valence-electron chi connectivity index (χ0n) is 11.1. The van der Waals surface area contributed by atoms with Crippen molar-refractivity contribution in [2.24, 2.45) is 0 Å². The molecule has 0 unspecified atom stereocenters. The molecule has 0 atom stereocenters. The first-order valence-electron chi connectivity index (χ1n) is 6.65. The number of benzene rings is 1. The number of nitrogens with two attached hydrogens (primary N) is 1. The zero-order chi connectivity index (χ0) is 13.8. The van der Waals surface area contributed by atoms with E-state index in [0.29, 0.717) is 24.7 Å². The van der Waals surface area contributed by atoms with Gasteiger partial charge in [0.05, 0.1) is 11.4 Å². The summed E-state index contributed by atoms with van der Waals surface area (Å²) in [6.07, 6.45) is 4.51. The van der Waals surface area contributed by atoms with E-state index in [2.05, 4.69) is 10.3 Å². The number of aromatic nitrogens is 1. The van der Waals surface area contributed by atoms with Crippen LogP contribution in [0, 0.1) is 0 Å². The van der Waals surface area contributed by atoms with Gasteiger partial charge in [-0.3, -0.25) is 4.98 Å². The molecule has 20 heavy (non-hydrogen) atoms. The maximum atomic E-state index is 6.02. The third-order valence-corrected chi connectivity index (χ3v) is 3.19. The molecule has 0 radical (unpaired) electrons. The molecule has 0 saturated heterocycles. The first-order chi connectivity index (χ1) is 9.83. The maximum absolute atomic E-state index is 6.02. The Kier molecular flexibility index (Phi) is 3.58.